The van der Waals surface area contributed by atoms with Crippen molar-refractivity contribution in [1.82, 2.24) is 0 Å². The summed E-state index contributed by atoms with van der Waals surface area (Å²) in [5.41, 5.74) is 7.53. The smallest absolute Gasteiger partial charge is 0.159 e. The number of hydrogen-bond donors (Lipinski definition) is 1. The van der Waals surface area contributed by atoms with Crippen molar-refractivity contribution in [2.75, 3.05) is 5.32 Å². The topological polar surface area (TPSA) is 25.2 Å². The summed E-state index contributed by atoms with van der Waals surface area (Å²) in [6.07, 6.45) is 0. The number of rotatable bonds is 3. The first-order valence-corrected chi connectivity index (χ1v) is 13.2. The van der Waals surface area contributed by atoms with Gasteiger partial charge in [-0.2, -0.15) is 0 Å². The van der Waals surface area contributed by atoms with E-state index in [0.717, 1.165) is 22.5 Å². The summed E-state index contributed by atoms with van der Waals surface area (Å²) in [4.78, 5) is 0. The highest BCUT2D eigenvalue weighted by Gasteiger charge is 2.22. The number of furan rings is 1. The van der Waals surface area contributed by atoms with E-state index in [-0.39, 0.29) is 5.41 Å². The molecule has 0 amide bonds. The van der Waals surface area contributed by atoms with E-state index in [1.165, 1.54) is 49.0 Å². The molecule has 1 N–H and O–H groups in total. The summed E-state index contributed by atoms with van der Waals surface area (Å²) in [6.45, 7) is 6.72. The lowest BCUT2D eigenvalue weighted by molar-refractivity contribution is 0.573. The Bertz CT molecular complexity index is 1960. The van der Waals surface area contributed by atoms with E-state index in [0.29, 0.717) is 0 Å². The van der Waals surface area contributed by atoms with Crippen LogP contribution in [0.4, 0.5) is 11.4 Å². The molecule has 0 saturated carbocycles. The van der Waals surface area contributed by atoms with Crippen molar-refractivity contribution in [1.29, 1.82) is 0 Å². The molecule has 0 bridgehead atoms. The summed E-state index contributed by atoms with van der Waals surface area (Å²) in [5, 5.41) is 10.9. The standard InChI is InChI=1S/C36H29NO/c1-36(2,3)31-17-9-16-30-33-29-14-7-5-11-25(29)22-32(35(33)38-34(30)31)37-26-20-18-24(19-21-26)28-15-8-12-23-10-4-6-13-27(23)28/h4-22,37H,1-3H3. The maximum Gasteiger partial charge on any atom is 0.159 e. The highest BCUT2D eigenvalue weighted by Crippen LogP contribution is 2.43. The molecule has 184 valence electrons. The highest BCUT2D eigenvalue weighted by molar-refractivity contribution is 6.22. The summed E-state index contributed by atoms with van der Waals surface area (Å²) in [6, 6.07) is 41.0. The van der Waals surface area contributed by atoms with Crippen molar-refractivity contribution in [3.05, 3.63) is 121 Å². The largest absolute Gasteiger partial charge is 0.454 e. The van der Waals surface area contributed by atoms with Gasteiger partial charge < -0.3 is 9.73 Å². The number of nitrogens with one attached hydrogen (secondary N) is 1. The van der Waals surface area contributed by atoms with Crippen molar-refractivity contribution in [2.24, 2.45) is 0 Å². The molecule has 1 heterocycles. The van der Waals surface area contributed by atoms with Gasteiger partial charge in [-0.15, -0.1) is 0 Å². The van der Waals surface area contributed by atoms with Gasteiger partial charge in [0.1, 0.15) is 5.58 Å². The zero-order valence-electron chi connectivity index (χ0n) is 21.9. The lowest BCUT2D eigenvalue weighted by Gasteiger charge is -2.18. The Morgan fingerprint density at radius 2 is 1.24 bits per heavy atom. The Morgan fingerprint density at radius 1 is 0.579 bits per heavy atom. The lowest BCUT2D eigenvalue weighted by atomic mass is 9.86. The second-order valence-electron chi connectivity index (χ2n) is 11.1. The predicted molar refractivity (Wildman–Crippen MR) is 163 cm³/mol. The summed E-state index contributed by atoms with van der Waals surface area (Å²) >= 11 is 0. The Balaban J connectivity index is 1.37. The molecular weight excluding hydrogens is 462 g/mol. The van der Waals surface area contributed by atoms with Crippen LogP contribution in [0.1, 0.15) is 26.3 Å². The third-order valence-electron chi connectivity index (χ3n) is 7.56. The molecule has 0 aliphatic carbocycles. The molecule has 1 aromatic heterocycles. The van der Waals surface area contributed by atoms with E-state index in [9.17, 15) is 0 Å². The predicted octanol–water partition coefficient (Wildman–Crippen LogP) is 10.6. The molecule has 0 aliphatic heterocycles. The molecule has 0 aliphatic rings. The van der Waals surface area contributed by atoms with E-state index < -0.39 is 0 Å². The minimum atomic E-state index is -0.0196. The van der Waals surface area contributed by atoms with Crippen LogP contribution >= 0.6 is 0 Å². The molecule has 0 unspecified atom stereocenters. The minimum Gasteiger partial charge on any atom is -0.454 e. The maximum atomic E-state index is 6.70. The van der Waals surface area contributed by atoms with E-state index in [1.54, 1.807) is 0 Å². The molecule has 0 spiro atoms. The summed E-state index contributed by atoms with van der Waals surface area (Å²) in [5.74, 6) is 0. The fourth-order valence-electron chi connectivity index (χ4n) is 5.70. The Morgan fingerprint density at radius 3 is 2.03 bits per heavy atom. The second-order valence-corrected chi connectivity index (χ2v) is 11.1. The monoisotopic (exact) mass is 491 g/mol. The average molecular weight is 492 g/mol. The van der Waals surface area contributed by atoms with Crippen LogP contribution in [0.25, 0.3) is 54.6 Å². The Labute approximate surface area is 222 Å². The maximum absolute atomic E-state index is 6.70. The molecular formula is C36H29NO. The van der Waals surface area contributed by atoms with Crippen molar-refractivity contribution in [3.63, 3.8) is 0 Å². The van der Waals surface area contributed by atoms with Gasteiger partial charge in [0.05, 0.1) is 5.69 Å². The Kier molecular flexibility index (Phi) is 5.06. The molecule has 0 radical (unpaired) electrons. The van der Waals surface area contributed by atoms with Gasteiger partial charge in [0.2, 0.25) is 0 Å². The first-order chi connectivity index (χ1) is 18.5. The van der Waals surface area contributed by atoms with Crippen LogP contribution in [0, 0.1) is 0 Å². The van der Waals surface area contributed by atoms with Crippen molar-refractivity contribution in [2.45, 2.75) is 26.2 Å². The van der Waals surface area contributed by atoms with Crippen LogP contribution in [-0.2, 0) is 5.41 Å². The second kappa shape index (κ2) is 8.49. The van der Waals surface area contributed by atoms with Gasteiger partial charge in [-0.3, -0.25) is 0 Å². The summed E-state index contributed by atoms with van der Waals surface area (Å²) < 4.78 is 6.70. The van der Waals surface area contributed by atoms with Crippen LogP contribution in [0.15, 0.2) is 120 Å². The molecule has 38 heavy (non-hydrogen) atoms. The molecule has 0 saturated heterocycles. The normalized spacial score (nSPS) is 12.1. The molecule has 2 nitrogen and oxygen atoms in total. The van der Waals surface area contributed by atoms with E-state index in [1.807, 2.05) is 0 Å². The molecule has 6 aromatic carbocycles. The zero-order chi connectivity index (χ0) is 25.9. The van der Waals surface area contributed by atoms with E-state index >= 15 is 0 Å². The quantitative estimate of drug-likeness (QED) is 0.266. The first kappa shape index (κ1) is 22.6. The number of hydrogen-bond acceptors (Lipinski definition) is 2. The van der Waals surface area contributed by atoms with Crippen molar-refractivity contribution >= 4 is 54.9 Å². The minimum absolute atomic E-state index is 0.0196. The molecule has 0 fully saturated rings. The molecule has 0 atom stereocenters. The number of benzene rings is 6. The van der Waals surface area contributed by atoms with Gasteiger partial charge in [-0.1, -0.05) is 118 Å². The lowest BCUT2D eigenvalue weighted by Crippen LogP contribution is -2.10. The van der Waals surface area contributed by atoms with Crippen LogP contribution in [0.3, 0.4) is 0 Å². The highest BCUT2D eigenvalue weighted by atomic mass is 16.3. The van der Waals surface area contributed by atoms with Crippen LogP contribution < -0.4 is 5.32 Å². The molecule has 2 heteroatoms. The third-order valence-corrected chi connectivity index (χ3v) is 7.56. The number of fused-ring (bicyclic) bond motifs is 6. The molecule has 7 aromatic rings. The van der Waals surface area contributed by atoms with E-state index in [2.05, 4.69) is 141 Å². The van der Waals surface area contributed by atoms with Crippen LogP contribution in [-0.4, -0.2) is 0 Å². The van der Waals surface area contributed by atoms with Gasteiger partial charge in [-0.25, -0.2) is 0 Å². The van der Waals surface area contributed by atoms with Crippen molar-refractivity contribution in [3.8, 4) is 11.1 Å². The fraction of sp³-hybridized carbons (Fsp3) is 0.111. The van der Waals surface area contributed by atoms with Gasteiger partial charge >= 0.3 is 0 Å². The van der Waals surface area contributed by atoms with Crippen LogP contribution in [0.2, 0.25) is 0 Å². The van der Waals surface area contributed by atoms with Gasteiger partial charge in [0, 0.05) is 22.0 Å². The van der Waals surface area contributed by atoms with Gasteiger partial charge in [-0.05, 0) is 56.3 Å². The van der Waals surface area contributed by atoms with Gasteiger partial charge in [0.25, 0.3) is 0 Å². The summed E-state index contributed by atoms with van der Waals surface area (Å²) in [7, 11) is 0. The van der Waals surface area contributed by atoms with E-state index in [4.69, 9.17) is 4.42 Å². The molecule has 7 rings (SSSR count). The fourth-order valence-corrected chi connectivity index (χ4v) is 5.70. The van der Waals surface area contributed by atoms with Crippen molar-refractivity contribution < 1.29 is 4.42 Å². The van der Waals surface area contributed by atoms with Crippen LogP contribution in [0.5, 0.6) is 0 Å². The number of anilines is 2. The zero-order valence-corrected chi connectivity index (χ0v) is 21.9. The average Bonchev–Trinajstić information content (AvgIpc) is 3.33. The Hall–Kier alpha value is -4.56. The van der Waals surface area contributed by atoms with Gasteiger partial charge in [0.15, 0.2) is 5.58 Å². The first-order valence-electron chi connectivity index (χ1n) is 13.2. The SMILES string of the molecule is CC(C)(C)c1cccc2c1oc1c(Nc3ccc(-c4cccc5ccccc45)cc3)cc3ccccc3c12. The number of para-hydroxylation sites is 1. The third kappa shape index (κ3) is 3.64.